The molecule has 1 aromatic rings. The van der Waals surface area contributed by atoms with Gasteiger partial charge in [-0.1, -0.05) is 6.42 Å². The number of unbranched alkanes of at least 4 members (excludes halogenated alkanes) is 2. The predicted molar refractivity (Wildman–Crippen MR) is 84.7 cm³/mol. The molecule has 126 valence electrons. The van der Waals surface area contributed by atoms with Gasteiger partial charge in [-0.3, -0.25) is 0 Å². The SMILES string of the molecule is CCO[Si](CCCCCc1cc(F)cc(F)c1)(OC)OCC. The van der Waals surface area contributed by atoms with E-state index >= 15 is 0 Å². The van der Waals surface area contributed by atoms with Crippen LogP contribution in [0.1, 0.15) is 38.7 Å². The van der Waals surface area contributed by atoms with Crippen LogP contribution in [0.4, 0.5) is 8.78 Å². The Morgan fingerprint density at radius 3 is 2.00 bits per heavy atom. The Hall–Kier alpha value is -0.823. The summed E-state index contributed by atoms with van der Waals surface area (Å²) in [5.41, 5.74) is 0.697. The third-order valence-corrected chi connectivity index (χ3v) is 6.46. The number of rotatable bonds is 11. The summed E-state index contributed by atoms with van der Waals surface area (Å²) >= 11 is 0. The van der Waals surface area contributed by atoms with E-state index in [1.54, 1.807) is 7.11 Å². The molecule has 1 aromatic carbocycles. The van der Waals surface area contributed by atoms with Gasteiger partial charge in [0, 0.05) is 32.4 Å². The number of hydrogen-bond acceptors (Lipinski definition) is 3. The first-order valence-corrected chi connectivity index (χ1v) is 9.76. The van der Waals surface area contributed by atoms with Crippen molar-refractivity contribution in [1.82, 2.24) is 0 Å². The number of hydrogen-bond donors (Lipinski definition) is 0. The molecule has 0 atom stereocenters. The molecule has 0 fully saturated rings. The fourth-order valence-electron chi connectivity index (χ4n) is 2.45. The zero-order chi connectivity index (χ0) is 16.4. The molecule has 0 N–H and O–H groups in total. The summed E-state index contributed by atoms with van der Waals surface area (Å²) in [7, 11) is -0.905. The van der Waals surface area contributed by atoms with E-state index in [1.165, 1.54) is 12.1 Å². The third-order valence-electron chi connectivity index (χ3n) is 3.41. The summed E-state index contributed by atoms with van der Waals surface area (Å²) in [6, 6.07) is 4.43. The summed E-state index contributed by atoms with van der Waals surface area (Å²) in [6.07, 6.45) is 3.39. The van der Waals surface area contributed by atoms with E-state index in [1.807, 2.05) is 13.8 Å². The molecule has 0 aliphatic heterocycles. The van der Waals surface area contributed by atoms with Gasteiger partial charge in [0.05, 0.1) is 0 Å². The molecule has 1 rings (SSSR count). The first kappa shape index (κ1) is 19.2. The van der Waals surface area contributed by atoms with Gasteiger partial charge in [0.2, 0.25) is 0 Å². The summed E-state index contributed by atoms with van der Waals surface area (Å²) < 4.78 is 43.1. The van der Waals surface area contributed by atoms with E-state index in [4.69, 9.17) is 13.3 Å². The molecule has 0 aliphatic rings. The highest BCUT2D eigenvalue weighted by Crippen LogP contribution is 2.20. The van der Waals surface area contributed by atoms with E-state index in [0.29, 0.717) is 25.2 Å². The molecule has 0 heterocycles. The molecule has 0 radical (unpaired) electrons. The third kappa shape index (κ3) is 6.52. The van der Waals surface area contributed by atoms with Gasteiger partial charge in [-0.05, 0) is 50.8 Å². The Morgan fingerprint density at radius 2 is 1.50 bits per heavy atom. The summed E-state index contributed by atoms with van der Waals surface area (Å²) in [4.78, 5) is 0. The maximum atomic E-state index is 13.1. The highest BCUT2D eigenvalue weighted by Gasteiger charge is 2.38. The van der Waals surface area contributed by atoms with Gasteiger partial charge in [-0.2, -0.15) is 0 Å². The maximum absolute atomic E-state index is 13.1. The van der Waals surface area contributed by atoms with Gasteiger partial charge >= 0.3 is 8.80 Å². The first-order chi connectivity index (χ1) is 10.5. The van der Waals surface area contributed by atoms with Crippen molar-refractivity contribution in [2.24, 2.45) is 0 Å². The zero-order valence-corrected chi connectivity index (χ0v) is 14.7. The molecule has 3 nitrogen and oxygen atoms in total. The number of benzene rings is 1. The van der Waals surface area contributed by atoms with E-state index in [2.05, 4.69) is 0 Å². The lowest BCUT2D eigenvalue weighted by molar-refractivity contribution is 0.0859. The molecule has 0 unspecified atom stereocenters. The van der Waals surface area contributed by atoms with E-state index in [-0.39, 0.29) is 0 Å². The molecule has 0 aliphatic carbocycles. The van der Waals surface area contributed by atoms with Gasteiger partial charge in [0.15, 0.2) is 0 Å². The lowest BCUT2D eigenvalue weighted by Gasteiger charge is -2.27. The number of aryl methyl sites for hydroxylation is 1. The smallest absolute Gasteiger partial charge is 0.377 e. The second-order valence-corrected chi connectivity index (χ2v) is 7.94. The van der Waals surface area contributed by atoms with Crippen LogP contribution in [0.3, 0.4) is 0 Å². The molecule has 0 amide bonds. The van der Waals surface area contributed by atoms with Crippen molar-refractivity contribution in [2.45, 2.75) is 45.6 Å². The number of halogens is 2. The first-order valence-electron chi connectivity index (χ1n) is 7.83. The van der Waals surface area contributed by atoms with E-state index in [0.717, 1.165) is 31.4 Å². The summed E-state index contributed by atoms with van der Waals surface area (Å²) in [5, 5.41) is 0. The molecule has 6 heteroatoms. The maximum Gasteiger partial charge on any atom is 0.500 e. The van der Waals surface area contributed by atoms with Crippen molar-refractivity contribution in [1.29, 1.82) is 0 Å². The fraction of sp³-hybridized carbons (Fsp3) is 0.625. The lowest BCUT2D eigenvalue weighted by Crippen LogP contribution is -2.44. The average molecular weight is 332 g/mol. The fourth-order valence-corrected chi connectivity index (χ4v) is 4.82. The van der Waals surface area contributed by atoms with Gasteiger partial charge in [0.1, 0.15) is 11.6 Å². The average Bonchev–Trinajstić information content (AvgIpc) is 2.46. The molecule has 0 spiro atoms. The predicted octanol–water partition coefficient (Wildman–Crippen LogP) is 4.34. The van der Waals surface area contributed by atoms with Crippen molar-refractivity contribution in [3.8, 4) is 0 Å². The normalized spacial score (nSPS) is 11.9. The standard InChI is InChI=1S/C16H26F2O3Si/c1-4-20-22(19-3,21-5-2)10-8-6-7-9-14-11-15(17)13-16(18)12-14/h11-13H,4-10H2,1-3H3. The second kappa shape index (κ2) is 10.0. The van der Waals surface area contributed by atoms with Crippen LogP contribution in [0.2, 0.25) is 6.04 Å². The monoisotopic (exact) mass is 332 g/mol. The second-order valence-electron chi connectivity index (χ2n) is 5.09. The van der Waals surface area contributed by atoms with Crippen LogP contribution in [-0.4, -0.2) is 29.1 Å². The molecule has 0 saturated heterocycles. The Bertz CT molecular complexity index is 417. The van der Waals surface area contributed by atoms with Crippen molar-refractivity contribution in [3.05, 3.63) is 35.4 Å². The molecule has 0 saturated carbocycles. The Morgan fingerprint density at radius 1 is 0.909 bits per heavy atom. The largest absolute Gasteiger partial charge is 0.500 e. The zero-order valence-electron chi connectivity index (χ0n) is 13.7. The van der Waals surface area contributed by atoms with E-state index in [9.17, 15) is 8.78 Å². The Balaban J connectivity index is 2.36. The van der Waals surface area contributed by atoms with Gasteiger partial charge in [-0.25, -0.2) is 8.78 Å². The van der Waals surface area contributed by atoms with E-state index < -0.39 is 20.4 Å². The van der Waals surface area contributed by atoms with Crippen LogP contribution in [0.25, 0.3) is 0 Å². The van der Waals surface area contributed by atoms with Crippen LogP contribution in [0, 0.1) is 11.6 Å². The minimum atomic E-state index is -2.54. The Labute approximate surface area is 133 Å². The van der Waals surface area contributed by atoms with Crippen LogP contribution in [-0.2, 0) is 19.7 Å². The molecule has 0 aromatic heterocycles. The van der Waals surface area contributed by atoms with Crippen LogP contribution >= 0.6 is 0 Å². The molecule has 0 bridgehead atoms. The van der Waals surface area contributed by atoms with Crippen molar-refractivity contribution in [2.75, 3.05) is 20.3 Å². The van der Waals surface area contributed by atoms with Gasteiger partial charge < -0.3 is 13.3 Å². The molecular weight excluding hydrogens is 306 g/mol. The van der Waals surface area contributed by atoms with Gasteiger partial charge in [-0.15, -0.1) is 0 Å². The van der Waals surface area contributed by atoms with Crippen LogP contribution in [0.15, 0.2) is 18.2 Å². The van der Waals surface area contributed by atoms with Crippen molar-refractivity contribution >= 4 is 8.80 Å². The Kier molecular flexibility index (Phi) is 8.78. The lowest BCUT2D eigenvalue weighted by atomic mass is 10.1. The van der Waals surface area contributed by atoms with Crippen LogP contribution in [0.5, 0.6) is 0 Å². The topological polar surface area (TPSA) is 27.7 Å². The minimum absolute atomic E-state index is 0.520. The summed E-state index contributed by atoms with van der Waals surface area (Å²) in [6.45, 7) is 5.00. The summed E-state index contributed by atoms with van der Waals surface area (Å²) in [5.74, 6) is -1.04. The van der Waals surface area contributed by atoms with Gasteiger partial charge in [0.25, 0.3) is 0 Å². The highest BCUT2D eigenvalue weighted by molar-refractivity contribution is 6.60. The molecular formula is C16H26F2O3Si. The highest BCUT2D eigenvalue weighted by atomic mass is 28.4. The molecule has 22 heavy (non-hydrogen) atoms. The van der Waals surface area contributed by atoms with Crippen molar-refractivity contribution in [3.63, 3.8) is 0 Å². The van der Waals surface area contributed by atoms with Crippen LogP contribution < -0.4 is 0 Å². The van der Waals surface area contributed by atoms with Crippen molar-refractivity contribution < 1.29 is 22.1 Å². The minimum Gasteiger partial charge on any atom is -0.377 e. The quantitative estimate of drug-likeness (QED) is 0.446.